The molecule has 230 valence electrons. The molecule has 10 nitrogen and oxygen atoms in total. The van der Waals surface area contributed by atoms with E-state index in [1.54, 1.807) is 49.6 Å². The lowest BCUT2D eigenvalue weighted by Gasteiger charge is -2.20. The molecule has 0 fully saturated rings. The van der Waals surface area contributed by atoms with Crippen LogP contribution in [0.4, 0.5) is 27.6 Å². The first kappa shape index (κ1) is 31.9. The number of thioether (sulfide) groups is 1. The number of ether oxygens (including phenoxy) is 2. The number of nitrogens with one attached hydrogen (secondary N) is 1. The molecule has 1 heterocycles. The van der Waals surface area contributed by atoms with E-state index in [2.05, 4.69) is 30.3 Å². The highest BCUT2D eigenvalue weighted by Crippen LogP contribution is 2.37. The number of aryl methyl sites for hydroxylation is 1. The molecule has 0 unspecified atom stereocenters. The summed E-state index contributed by atoms with van der Waals surface area (Å²) >= 11 is 0.972. The average molecular weight is 635 g/mol. The Morgan fingerprint density at radius 3 is 2.34 bits per heavy atom. The van der Waals surface area contributed by atoms with Crippen molar-refractivity contribution in [3.63, 3.8) is 0 Å². The fourth-order valence-electron chi connectivity index (χ4n) is 3.48. The third-order valence-electron chi connectivity index (χ3n) is 5.67. The van der Waals surface area contributed by atoms with Gasteiger partial charge in [0.1, 0.15) is 17.8 Å². The lowest BCUT2D eigenvalue weighted by molar-refractivity contribution is -0.360. The molecule has 2 N–H and O–H groups in total. The Bertz CT molecular complexity index is 1660. The standard InChI is InChI=1S/C28H23F5N6O4S/c1-17-13-22(42-2)11-12-23(17)36-26(44-15-24(40)41)37-35-14-18-3-5-19(6-4-18)25-34-16-39(38-25)20-7-9-21(10-8-20)43-28(32,33)27(29,30)31/h3-14,16H,15H2,1-2H3,(H,36,37)(H,40,41)/b35-14-. The Labute approximate surface area is 251 Å². The normalized spacial score (nSPS) is 12.4. The van der Waals surface area contributed by atoms with Crippen LogP contribution in [-0.4, -0.2) is 62.4 Å². The van der Waals surface area contributed by atoms with Crippen LogP contribution >= 0.6 is 11.8 Å². The van der Waals surface area contributed by atoms with Crippen LogP contribution in [0.15, 0.2) is 83.2 Å². The summed E-state index contributed by atoms with van der Waals surface area (Å²) in [6.07, 6.45) is -8.30. The van der Waals surface area contributed by atoms with E-state index in [-0.39, 0.29) is 10.9 Å². The van der Waals surface area contributed by atoms with E-state index in [0.29, 0.717) is 34.1 Å². The SMILES string of the molecule is COc1ccc(N=C(N/N=C\c2ccc(-c3ncn(-c4ccc(OC(F)(F)C(F)(F)F)cc4)n3)cc2)SCC(=O)O)c(C)c1. The molecule has 44 heavy (non-hydrogen) atoms. The van der Waals surface area contributed by atoms with Gasteiger partial charge in [-0.05, 0) is 60.5 Å². The Hall–Kier alpha value is -4.99. The molecule has 0 saturated carbocycles. The fraction of sp³-hybridized carbons (Fsp3) is 0.179. The largest absolute Gasteiger partial charge is 0.499 e. The second kappa shape index (κ2) is 13.5. The molecule has 0 amide bonds. The minimum Gasteiger partial charge on any atom is -0.497 e. The van der Waals surface area contributed by atoms with Gasteiger partial charge in [-0.1, -0.05) is 36.0 Å². The Kier molecular flexibility index (Phi) is 9.83. The minimum atomic E-state index is -5.85. The molecular weight excluding hydrogens is 611 g/mol. The number of halogens is 5. The highest BCUT2D eigenvalue weighted by molar-refractivity contribution is 8.14. The van der Waals surface area contributed by atoms with Crippen LogP contribution in [0, 0.1) is 6.92 Å². The molecule has 4 aromatic rings. The lowest BCUT2D eigenvalue weighted by Crippen LogP contribution is -2.41. The van der Waals surface area contributed by atoms with Gasteiger partial charge in [0.05, 0.1) is 30.5 Å². The van der Waals surface area contributed by atoms with Crippen molar-refractivity contribution >= 4 is 34.8 Å². The van der Waals surface area contributed by atoms with Gasteiger partial charge in [0, 0.05) is 5.56 Å². The number of aromatic nitrogens is 3. The maximum atomic E-state index is 13.1. The monoisotopic (exact) mass is 634 g/mol. The Balaban J connectivity index is 1.41. The van der Waals surface area contributed by atoms with Gasteiger partial charge in [0.15, 0.2) is 11.0 Å². The summed E-state index contributed by atoms with van der Waals surface area (Å²) in [4.78, 5) is 19.8. The summed E-state index contributed by atoms with van der Waals surface area (Å²) in [7, 11) is 1.55. The molecular formula is C28H23F5N6O4S. The molecule has 0 aliphatic rings. The van der Waals surface area contributed by atoms with Gasteiger partial charge in [0.25, 0.3) is 0 Å². The second-order valence-electron chi connectivity index (χ2n) is 8.87. The highest BCUT2D eigenvalue weighted by atomic mass is 32.2. The third-order valence-corrected chi connectivity index (χ3v) is 6.52. The van der Waals surface area contributed by atoms with E-state index in [1.807, 2.05) is 6.92 Å². The number of amidine groups is 1. The molecule has 4 rings (SSSR count). The van der Waals surface area contributed by atoms with Crippen molar-refractivity contribution < 1.29 is 41.3 Å². The number of hydrogen-bond acceptors (Lipinski definition) is 8. The van der Waals surface area contributed by atoms with E-state index in [9.17, 15) is 26.7 Å². The molecule has 1 aromatic heterocycles. The van der Waals surface area contributed by atoms with Crippen molar-refractivity contribution in [2.45, 2.75) is 19.2 Å². The first-order valence-corrected chi connectivity index (χ1v) is 13.5. The fourth-order valence-corrected chi connectivity index (χ4v) is 4.02. The van der Waals surface area contributed by atoms with Gasteiger partial charge in [-0.15, -0.1) is 5.10 Å². The van der Waals surface area contributed by atoms with E-state index in [0.717, 1.165) is 29.5 Å². The van der Waals surface area contributed by atoms with Crippen LogP contribution in [0.3, 0.4) is 0 Å². The zero-order chi connectivity index (χ0) is 31.9. The van der Waals surface area contributed by atoms with Gasteiger partial charge < -0.3 is 14.6 Å². The van der Waals surface area contributed by atoms with Crippen molar-refractivity contribution in [3.05, 3.63) is 84.2 Å². The van der Waals surface area contributed by atoms with Gasteiger partial charge in [-0.2, -0.15) is 27.1 Å². The molecule has 0 atom stereocenters. The van der Waals surface area contributed by atoms with Crippen LogP contribution in [0.25, 0.3) is 17.1 Å². The molecule has 0 bridgehead atoms. The van der Waals surface area contributed by atoms with Crippen molar-refractivity contribution in [2.24, 2.45) is 10.1 Å². The maximum Gasteiger partial charge on any atom is 0.499 e. The molecule has 0 saturated heterocycles. The molecule has 0 spiro atoms. The number of methoxy groups -OCH3 is 1. The predicted octanol–water partition coefficient (Wildman–Crippen LogP) is 6.21. The van der Waals surface area contributed by atoms with E-state index >= 15 is 0 Å². The van der Waals surface area contributed by atoms with Crippen molar-refractivity contribution in [2.75, 3.05) is 12.9 Å². The van der Waals surface area contributed by atoms with Gasteiger partial charge in [0.2, 0.25) is 0 Å². The first-order valence-electron chi connectivity index (χ1n) is 12.5. The van der Waals surface area contributed by atoms with Crippen molar-refractivity contribution in [3.8, 4) is 28.6 Å². The van der Waals surface area contributed by atoms with Crippen molar-refractivity contribution in [1.29, 1.82) is 0 Å². The molecule has 3 aromatic carbocycles. The molecule has 16 heteroatoms. The van der Waals surface area contributed by atoms with Crippen LogP contribution < -0.4 is 14.9 Å². The topological polar surface area (TPSA) is 123 Å². The number of carboxylic acid groups (broad SMARTS) is 1. The quantitative estimate of drug-likeness (QED) is 0.0914. The third kappa shape index (κ3) is 8.31. The summed E-state index contributed by atoms with van der Waals surface area (Å²) in [6, 6.07) is 16.7. The zero-order valence-corrected chi connectivity index (χ0v) is 23.7. The number of benzene rings is 3. The summed E-state index contributed by atoms with van der Waals surface area (Å²) in [5.74, 6) is -0.915. The van der Waals surface area contributed by atoms with Gasteiger partial charge in [-0.3, -0.25) is 10.2 Å². The van der Waals surface area contributed by atoms with E-state index in [4.69, 9.17) is 9.84 Å². The zero-order valence-electron chi connectivity index (χ0n) is 22.9. The first-order chi connectivity index (χ1) is 20.8. The number of hydrogen-bond donors (Lipinski definition) is 2. The number of nitrogens with zero attached hydrogens (tertiary/aromatic N) is 5. The van der Waals surface area contributed by atoms with Crippen LogP contribution in [0.1, 0.15) is 11.1 Å². The number of carbonyl (C=O) groups is 1. The Morgan fingerprint density at radius 2 is 1.73 bits per heavy atom. The Morgan fingerprint density at radius 1 is 1.05 bits per heavy atom. The summed E-state index contributed by atoms with van der Waals surface area (Å²) in [5, 5.41) is 17.8. The number of aliphatic carboxylic acids is 1. The van der Waals surface area contributed by atoms with Crippen LogP contribution in [-0.2, 0) is 4.79 Å². The second-order valence-corrected chi connectivity index (χ2v) is 9.83. The number of rotatable bonds is 10. The van der Waals surface area contributed by atoms with Crippen LogP contribution in [0.2, 0.25) is 0 Å². The highest BCUT2D eigenvalue weighted by Gasteiger charge is 2.61. The van der Waals surface area contributed by atoms with E-state index in [1.165, 1.54) is 29.4 Å². The maximum absolute atomic E-state index is 13.1. The lowest BCUT2D eigenvalue weighted by atomic mass is 10.1. The smallest absolute Gasteiger partial charge is 0.497 e. The minimum absolute atomic E-state index is 0.225. The summed E-state index contributed by atoms with van der Waals surface area (Å²) < 4.78 is 73.7. The average Bonchev–Trinajstić information content (AvgIpc) is 3.47. The number of hydrazone groups is 1. The summed E-state index contributed by atoms with van der Waals surface area (Å²) in [5.41, 5.74) is 5.89. The predicted molar refractivity (Wildman–Crippen MR) is 154 cm³/mol. The number of carboxylic acids is 1. The summed E-state index contributed by atoms with van der Waals surface area (Å²) in [6.45, 7) is 1.85. The molecule has 0 aliphatic heterocycles. The van der Waals surface area contributed by atoms with Gasteiger partial charge in [-0.25, -0.2) is 14.7 Å². The molecule has 0 aliphatic carbocycles. The van der Waals surface area contributed by atoms with Crippen molar-refractivity contribution in [1.82, 2.24) is 20.2 Å². The number of aliphatic imine (C=N–C) groups is 1. The van der Waals surface area contributed by atoms with Crippen LogP contribution in [0.5, 0.6) is 11.5 Å². The number of alkyl halides is 5. The van der Waals surface area contributed by atoms with E-state index < -0.39 is 24.0 Å². The van der Waals surface area contributed by atoms with Gasteiger partial charge >= 0.3 is 18.3 Å². The molecule has 0 radical (unpaired) electrons.